The largest absolute Gasteiger partial charge is 0.498 e. The molecule has 4 aliphatic rings. The number of ether oxygens (including phenoxy) is 2. The van der Waals surface area contributed by atoms with Crippen molar-refractivity contribution in [2.24, 2.45) is 11.5 Å². The maximum Gasteiger partial charge on any atom is 0.498 e. The van der Waals surface area contributed by atoms with Crippen molar-refractivity contribution < 1.29 is 28.1 Å². The molecule has 2 unspecified atom stereocenters. The SMILES string of the molecule is NCC1OB2OCCOc3ccc(Br)c1c32.NCC1OB2OCCOc3ccc(Cl)c1c32. The minimum Gasteiger partial charge on any atom is -0.492 e. The average molecular weight is 523 g/mol. The van der Waals surface area contributed by atoms with E-state index >= 15 is 0 Å². The van der Waals surface area contributed by atoms with Crippen molar-refractivity contribution in [1.82, 2.24) is 0 Å². The molecule has 32 heavy (non-hydrogen) atoms. The molecule has 0 aromatic heterocycles. The van der Waals surface area contributed by atoms with E-state index in [0.717, 1.165) is 38.0 Å². The average Bonchev–Trinajstić information content (AvgIpc) is 3.22. The predicted molar refractivity (Wildman–Crippen MR) is 125 cm³/mol. The normalized spacial score (nSPS) is 22.6. The number of nitrogens with two attached hydrogens (primary N) is 2. The minimum atomic E-state index is -0.389. The molecule has 2 atom stereocenters. The van der Waals surface area contributed by atoms with E-state index in [0.29, 0.717) is 44.5 Å². The fourth-order valence-corrected chi connectivity index (χ4v) is 5.24. The van der Waals surface area contributed by atoms with Crippen molar-refractivity contribution in [2.45, 2.75) is 12.2 Å². The van der Waals surface area contributed by atoms with Crippen LogP contribution in [0, 0.1) is 0 Å². The zero-order valence-corrected chi connectivity index (χ0v) is 19.6. The van der Waals surface area contributed by atoms with Crippen LogP contribution in [0.2, 0.25) is 5.02 Å². The van der Waals surface area contributed by atoms with E-state index in [9.17, 15) is 0 Å². The summed E-state index contributed by atoms with van der Waals surface area (Å²) in [6.45, 7) is 2.95. The Kier molecular flexibility index (Phi) is 6.69. The molecule has 8 nitrogen and oxygen atoms in total. The first kappa shape index (κ1) is 22.5. The smallest absolute Gasteiger partial charge is 0.492 e. The van der Waals surface area contributed by atoms with Gasteiger partial charge in [0.2, 0.25) is 0 Å². The maximum absolute atomic E-state index is 6.17. The number of rotatable bonds is 2. The van der Waals surface area contributed by atoms with Crippen molar-refractivity contribution >= 4 is 52.7 Å². The van der Waals surface area contributed by atoms with E-state index in [2.05, 4.69) is 15.9 Å². The Bertz CT molecular complexity index is 939. The van der Waals surface area contributed by atoms with Crippen molar-refractivity contribution in [3.63, 3.8) is 0 Å². The summed E-state index contributed by atoms with van der Waals surface area (Å²) in [5.74, 6) is 1.63. The third kappa shape index (κ3) is 3.95. The van der Waals surface area contributed by atoms with Crippen LogP contribution in [-0.4, -0.2) is 53.8 Å². The Morgan fingerprint density at radius 1 is 0.812 bits per heavy atom. The van der Waals surface area contributed by atoms with Crippen LogP contribution in [-0.2, 0) is 18.6 Å². The standard InChI is InChI=1S/C10H11BBrNO3.C10H11BClNO3/c2*12-6-1-2-7-10-9(6)8(5-13)16-11(10)15-4-3-14-7/h2*1-2,8H,3-5,13H2. The molecular formula is C20H22B2BrClN2O6. The molecule has 0 spiro atoms. The minimum absolute atomic E-state index is 0.115. The molecule has 0 saturated carbocycles. The highest BCUT2D eigenvalue weighted by Gasteiger charge is 2.43. The number of hydrogen-bond acceptors (Lipinski definition) is 8. The summed E-state index contributed by atoms with van der Waals surface area (Å²) in [7, 11) is -0.724. The lowest BCUT2D eigenvalue weighted by Crippen LogP contribution is -2.31. The van der Waals surface area contributed by atoms with Gasteiger partial charge in [-0.25, -0.2) is 0 Å². The lowest BCUT2D eigenvalue weighted by Gasteiger charge is -2.13. The fraction of sp³-hybridized carbons (Fsp3) is 0.400. The maximum atomic E-state index is 6.17. The summed E-state index contributed by atoms with van der Waals surface area (Å²) in [6.07, 6.45) is -0.315. The van der Waals surface area contributed by atoms with Crippen LogP contribution in [0.3, 0.4) is 0 Å². The van der Waals surface area contributed by atoms with Crippen molar-refractivity contribution in [3.8, 4) is 11.5 Å². The highest BCUT2D eigenvalue weighted by molar-refractivity contribution is 9.10. The van der Waals surface area contributed by atoms with Gasteiger partial charge in [0.25, 0.3) is 0 Å². The molecule has 0 fully saturated rings. The van der Waals surface area contributed by atoms with Gasteiger partial charge in [0.05, 0.1) is 25.4 Å². The van der Waals surface area contributed by atoms with Gasteiger partial charge in [-0.05, 0) is 29.8 Å². The van der Waals surface area contributed by atoms with Crippen molar-refractivity contribution in [1.29, 1.82) is 0 Å². The van der Waals surface area contributed by atoms with Crippen LogP contribution in [0.4, 0.5) is 0 Å². The first-order valence-corrected chi connectivity index (χ1v) is 11.6. The number of benzene rings is 2. The van der Waals surface area contributed by atoms with Crippen molar-refractivity contribution in [2.75, 3.05) is 39.5 Å². The van der Waals surface area contributed by atoms with Gasteiger partial charge >= 0.3 is 14.2 Å². The Morgan fingerprint density at radius 3 is 1.94 bits per heavy atom. The van der Waals surface area contributed by atoms with E-state index in [4.69, 9.17) is 51.2 Å². The molecule has 0 radical (unpaired) electrons. The van der Waals surface area contributed by atoms with Crippen LogP contribution in [0.25, 0.3) is 0 Å². The molecule has 0 bridgehead atoms. The summed E-state index contributed by atoms with van der Waals surface area (Å²) in [5.41, 5.74) is 15.2. The quantitative estimate of drug-likeness (QED) is 0.563. The van der Waals surface area contributed by atoms with Crippen LogP contribution in [0.5, 0.6) is 11.5 Å². The van der Waals surface area contributed by atoms with E-state index in [1.165, 1.54) is 0 Å². The number of halogens is 2. The summed E-state index contributed by atoms with van der Waals surface area (Å²) in [5, 5.41) is 0.658. The lowest BCUT2D eigenvalue weighted by atomic mass is 9.78. The highest BCUT2D eigenvalue weighted by Crippen LogP contribution is 2.35. The zero-order chi connectivity index (χ0) is 22.2. The first-order chi connectivity index (χ1) is 15.6. The molecule has 4 aliphatic heterocycles. The summed E-state index contributed by atoms with van der Waals surface area (Å²) >= 11 is 9.69. The third-order valence-corrected chi connectivity index (χ3v) is 6.75. The third-order valence-electron chi connectivity index (χ3n) is 5.73. The Balaban J connectivity index is 0.000000135. The molecule has 12 heteroatoms. The van der Waals surface area contributed by atoms with E-state index in [1.54, 1.807) is 0 Å². The molecule has 4 heterocycles. The summed E-state index contributed by atoms with van der Waals surface area (Å²) in [4.78, 5) is 0. The van der Waals surface area contributed by atoms with Crippen LogP contribution in [0.1, 0.15) is 23.3 Å². The topological polar surface area (TPSA) is 107 Å². The van der Waals surface area contributed by atoms with Gasteiger partial charge < -0.3 is 39.6 Å². The highest BCUT2D eigenvalue weighted by atomic mass is 79.9. The summed E-state index contributed by atoms with van der Waals surface area (Å²) < 4.78 is 34.8. The Morgan fingerprint density at radius 2 is 1.34 bits per heavy atom. The Labute approximate surface area is 200 Å². The second-order valence-corrected chi connectivity index (χ2v) is 8.83. The predicted octanol–water partition coefficient (Wildman–Crippen LogP) is 1.06. The second-order valence-electron chi connectivity index (χ2n) is 7.57. The van der Waals surface area contributed by atoms with Crippen LogP contribution >= 0.6 is 27.5 Å². The van der Waals surface area contributed by atoms with Crippen LogP contribution < -0.4 is 31.9 Å². The number of hydrogen-bond donors (Lipinski definition) is 2. The molecule has 2 aromatic rings. The van der Waals surface area contributed by atoms with Crippen molar-refractivity contribution in [3.05, 3.63) is 44.9 Å². The molecule has 6 rings (SSSR count). The van der Waals surface area contributed by atoms with Gasteiger partial charge in [-0.1, -0.05) is 27.5 Å². The van der Waals surface area contributed by atoms with Gasteiger partial charge in [0, 0.05) is 39.1 Å². The first-order valence-electron chi connectivity index (χ1n) is 10.5. The molecule has 0 saturated heterocycles. The summed E-state index contributed by atoms with van der Waals surface area (Å²) in [6, 6.07) is 7.57. The van der Waals surface area contributed by atoms with Gasteiger partial charge in [-0.15, -0.1) is 0 Å². The molecule has 0 amide bonds. The molecule has 2 aromatic carbocycles. The van der Waals surface area contributed by atoms with E-state index in [1.807, 2.05) is 24.3 Å². The van der Waals surface area contributed by atoms with Gasteiger partial charge in [0.1, 0.15) is 24.7 Å². The molecule has 4 N–H and O–H groups in total. The van der Waals surface area contributed by atoms with Gasteiger partial charge in [-0.2, -0.15) is 0 Å². The van der Waals surface area contributed by atoms with Gasteiger partial charge in [0.15, 0.2) is 0 Å². The van der Waals surface area contributed by atoms with Crippen LogP contribution in [0.15, 0.2) is 28.7 Å². The van der Waals surface area contributed by atoms with Gasteiger partial charge in [-0.3, -0.25) is 0 Å². The molecule has 0 aliphatic carbocycles. The van der Waals surface area contributed by atoms with E-state index in [-0.39, 0.29) is 26.4 Å². The lowest BCUT2D eigenvalue weighted by molar-refractivity contribution is 0.147. The monoisotopic (exact) mass is 522 g/mol. The zero-order valence-electron chi connectivity index (χ0n) is 17.2. The Hall–Kier alpha value is -1.30. The fourth-order valence-electron chi connectivity index (χ4n) is 4.35. The second kappa shape index (κ2) is 9.52. The molecule has 168 valence electrons. The molecular weight excluding hydrogens is 501 g/mol. The van der Waals surface area contributed by atoms with E-state index < -0.39 is 0 Å².